The SMILES string of the molecule is Cc1c(Cl)cc(Cl)c(O)c1NCc1ccc(Br)s1. The van der Waals surface area contributed by atoms with Gasteiger partial charge in [0.15, 0.2) is 5.75 Å². The fourth-order valence-corrected chi connectivity index (χ4v) is 3.43. The van der Waals surface area contributed by atoms with Crippen LogP contribution in [0, 0.1) is 6.92 Å². The summed E-state index contributed by atoms with van der Waals surface area (Å²) in [7, 11) is 0. The van der Waals surface area contributed by atoms with Crippen molar-refractivity contribution in [1.82, 2.24) is 0 Å². The lowest BCUT2D eigenvalue weighted by Crippen LogP contribution is -2.00. The number of rotatable bonds is 3. The third kappa shape index (κ3) is 2.94. The minimum Gasteiger partial charge on any atom is -0.504 e. The number of hydrogen-bond acceptors (Lipinski definition) is 3. The molecular weight excluding hydrogens is 357 g/mol. The Labute approximate surface area is 128 Å². The quantitative estimate of drug-likeness (QED) is 0.708. The second-order valence-electron chi connectivity index (χ2n) is 3.75. The zero-order chi connectivity index (χ0) is 13.3. The summed E-state index contributed by atoms with van der Waals surface area (Å²) in [6.45, 7) is 2.45. The van der Waals surface area contributed by atoms with Crippen molar-refractivity contribution < 1.29 is 5.11 Å². The van der Waals surface area contributed by atoms with Gasteiger partial charge in [-0.1, -0.05) is 23.2 Å². The Kier molecular flexibility index (Phi) is 4.43. The molecule has 6 heteroatoms. The molecule has 2 rings (SSSR count). The first-order chi connectivity index (χ1) is 8.49. The van der Waals surface area contributed by atoms with Gasteiger partial charge in [0.1, 0.15) is 0 Å². The van der Waals surface area contributed by atoms with Gasteiger partial charge in [-0.05, 0) is 46.6 Å². The first-order valence-electron chi connectivity index (χ1n) is 5.14. The van der Waals surface area contributed by atoms with Crippen molar-refractivity contribution in [2.24, 2.45) is 0 Å². The summed E-state index contributed by atoms with van der Waals surface area (Å²) in [4.78, 5) is 1.15. The third-order valence-electron chi connectivity index (χ3n) is 2.52. The molecule has 0 radical (unpaired) electrons. The van der Waals surface area contributed by atoms with Crippen LogP contribution in [0.4, 0.5) is 5.69 Å². The molecule has 2 N–H and O–H groups in total. The van der Waals surface area contributed by atoms with Crippen LogP contribution in [0.25, 0.3) is 0 Å². The Balaban J connectivity index is 2.24. The van der Waals surface area contributed by atoms with Gasteiger partial charge in [-0.2, -0.15) is 0 Å². The normalized spacial score (nSPS) is 10.7. The highest BCUT2D eigenvalue weighted by molar-refractivity contribution is 9.11. The van der Waals surface area contributed by atoms with E-state index >= 15 is 0 Å². The Morgan fingerprint density at radius 3 is 2.67 bits per heavy atom. The number of benzene rings is 1. The monoisotopic (exact) mass is 365 g/mol. The number of aromatic hydroxyl groups is 1. The van der Waals surface area contributed by atoms with Gasteiger partial charge in [0.2, 0.25) is 0 Å². The fourth-order valence-electron chi connectivity index (χ4n) is 1.54. The molecular formula is C12H10BrCl2NOS. The predicted octanol–water partition coefficient (Wildman–Crippen LogP) is 5.44. The van der Waals surface area contributed by atoms with Crippen molar-refractivity contribution in [2.45, 2.75) is 13.5 Å². The first-order valence-corrected chi connectivity index (χ1v) is 7.51. The van der Waals surface area contributed by atoms with Crippen molar-refractivity contribution in [2.75, 3.05) is 5.32 Å². The maximum atomic E-state index is 9.93. The summed E-state index contributed by atoms with van der Waals surface area (Å²) in [5.74, 6) is 0.0363. The molecule has 0 fully saturated rings. The minimum atomic E-state index is 0.0363. The van der Waals surface area contributed by atoms with Crippen molar-refractivity contribution in [3.05, 3.63) is 42.5 Å². The molecule has 0 amide bonds. The Morgan fingerprint density at radius 2 is 2.06 bits per heavy atom. The van der Waals surface area contributed by atoms with E-state index in [0.717, 1.165) is 14.2 Å². The summed E-state index contributed by atoms with van der Waals surface area (Å²) >= 11 is 17.0. The first kappa shape index (κ1) is 14.0. The number of hydrogen-bond donors (Lipinski definition) is 2. The average molecular weight is 367 g/mol. The number of phenols is 1. The molecule has 1 heterocycles. The second kappa shape index (κ2) is 5.70. The van der Waals surface area contributed by atoms with Crippen LogP contribution in [0.1, 0.15) is 10.4 Å². The zero-order valence-corrected chi connectivity index (χ0v) is 13.3. The van der Waals surface area contributed by atoms with E-state index in [0.29, 0.717) is 17.3 Å². The van der Waals surface area contributed by atoms with Crippen molar-refractivity contribution in [3.8, 4) is 5.75 Å². The summed E-state index contributed by atoms with van der Waals surface area (Å²) in [6, 6.07) is 5.54. The molecule has 0 saturated heterocycles. The van der Waals surface area contributed by atoms with Gasteiger partial charge < -0.3 is 10.4 Å². The van der Waals surface area contributed by atoms with Gasteiger partial charge in [0.25, 0.3) is 0 Å². The van der Waals surface area contributed by atoms with Gasteiger partial charge in [-0.3, -0.25) is 0 Å². The van der Waals surface area contributed by atoms with E-state index in [4.69, 9.17) is 23.2 Å². The van der Waals surface area contributed by atoms with Gasteiger partial charge >= 0.3 is 0 Å². The van der Waals surface area contributed by atoms with Crippen LogP contribution >= 0.6 is 50.5 Å². The molecule has 1 aromatic carbocycles. The highest BCUT2D eigenvalue weighted by Gasteiger charge is 2.13. The maximum Gasteiger partial charge on any atom is 0.157 e. The van der Waals surface area contributed by atoms with E-state index in [2.05, 4.69) is 21.2 Å². The van der Waals surface area contributed by atoms with Crippen LogP contribution in [-0.4, -0.2) is 5.11 Å². The van der Waals surface area contributed by atoms with Gasteiger partial charge in [-0.25, -0.2) is 0 Å². The van der Waals surface area contributed by atoms with Crippen LogP contribution in [0.5, 0.6) is 5.75 Å². The highest BCUT2D eigenvalue weighted by atomic mass is 79.9. The molecule has 0 aliphatic carbocycles. The van der Waals surface area contributed by atoms with Crippen LogP contribution < -0.4 is 5.32 Å². The van der Waals surface area contributed by atoms with E-state index in [1.807, 2.05) is 19.1 Å². The summed E-state index contributed by atoms with van der Waals surface area (Å²) in [6.07, 6.45) is 0. The van der Waals surface area contributed by atoms with Gasteiger partial charge in [0.05, 0.1) is 14.5 Å². The van der Waals surface area contributed by atoms with Crippen molar-refractivity contribution >= 4 is 56.2 Å². The number of halogens is 3. The topological polar surface area (TPSA) is 32.3 Å². The van der Waals surface area contributed by atoms with E-state index in [1.165, 1.54) is 0 Å². The largest absolute Gasteiger partial charge is 0.504 e. The summed E-state index contributed by atoms with van der Waals surface area (Å²) < 4.78 is 1.07. The number of nitrogens with one attached hydrogen (secondary N) is 1. The van der Waals surface area contributed by atoms with Crippen LogP contribution in [0.15, 0.2) is 22.0 Å². The third-order valence-corrected chi connectivity index (χ3v) is 4.82. The molecule has 18 heavy (non-hydrogen) atoms. The molecule has 0 spiro atoms. The van der Waals surface area contributed by atoms with E-state index < -0.39 is 0 Å². The lowest BCUT2D eigenvalue weighted by molar-refractivity contribution is 0.477. The summed E-state index contributed by atoms with van der Waals surface area (Å²) in [5.41, 5.74) is 1.37. The average Bonchev–Trinajstić information content (AvgIpc) is 2.73. The standard InChI is InChI=1S/C12H10BrCl2NOS/c1-6-8(14)4-9(15)12(17)11(6)16-5-7-2-3-10(13)18-7/h2-4,16-17H,5H2,1H3. The fraction of sp³-hybridized carbons (Fsp3) is 0.167. The lowest BCUT2D eigenvalue weighted by Gasteiger charge is -2.13. The number of phenolic OH excluding ortho intramolecular Hbond substituents is 1. The molecule has 2 nitrogen and oxygen atoms in total. The number of anilines is 1. The van der Waals surface area contributed by atoms with Crippen molar-refractivity contribution in [3.63, 3.8) is 0 Å². The molecule has 0 atom stereocenters. The Hall–Kier alpha value is -0.420. The van der Waals surface area contributed by atoms with Gasteiger partial charge in [-0.15, -0.1) is 11.3 Å². The number of thiophene rings is 1. The predicted molar refractivity (Wildman–Crippen MR) is 82.2 cm³/mol. The molecule has 0 aliphatic heterocycles. The van der Waals surface area contributed by atoms with E-state index in [-0.39, 0.29) is 10.8 Å². The molecule has 2 aromatic rings. The minimum absolute atomic E-state index is 0.0363. The van der Waals surface area contributed by atoms with Crippen LogP contribution in [-0.2, 0) is 6.54 Å². The Morgan fingerprint density at radius 1 is 1.33 bits per heavy atom. The van der Waals surface area contributed by atoms with Gasteiger partial charge in [0, 0.05) is 16.4 Å². The molecule has 96 valence electrons. The highest BCUT2D eigenvalue weighted by Crippen LogP contribution is 2.39. The molecule has 0 bridgehead atoms. The maximum absolute atomic E-state index is 9.93. The lowest BCUT2D eigenvalue weighted by atomic mass is 10.2. The molecule has 1 aromatic heterocycles. The Bertz CT molecular complexity index is 559. The molecule has 0 aliphatic rings. The second-order valence-corrected chi connectivity index (χ2v) is 7.11. The van der Waals surface area contributed by atoms with E-state index in [9.17, 15) is 5.11 Å². The van der Waals surface area contributed by atoms with Crippen molar-refractivity contribution in [1.29, 1.82) is 0 Å². The smallest absolute Gasteiger partial charge is 0.157 e. The summed E-state index contributed by atoms with van der Waals surface area (Å²) in [5, 5.41) is 13.9. The zero-order valence-electron chi connectivity index (χ0n) is 9.43. The van der Waals surface area contributed by atoms with Crippen LogP contribution in [0.3, 0.4) is 0 Å². The van der Waals surface area contributed by atoms with E-state index in [1.54, 1.807) is 17.4 Å². The van der Waals surface area contributed by atoms with Crippen LogP contribution in [0.2, 0.25) is 10.0 Å². The molecule has 0 unspecified atom stereocenters. The molecule has 0 saturated carbocycles.